The van der Waals surface area contributed by atoms with Crippen molar-refractivity contribution in [2.45, 2.75) is 142 Å². The molecule has 1 nitrogen and oxygen atoms in total. The lowest BCUT2D eigenvalue weighted by molar-refractivity contribution is 0.520. The zero-order valence-electron chi connectivity index (χ0n) is 18.1. The molecule has 0 rings (SSSR count). The van der Waals surface area contributed by atoms with Crippen molar-refractivity contribution in [2.75, 3.05) is 13.1 Å². The SMILES string of the molecule is CCCCCCCCCCCCCCCCCCCCCCNCC. The molecule has 0 saturated carbocycles. The van der Waals surface area contributed by atoms with E-state index in [0.717, 1.165) is 6.54 Å². The van der Waals surface area contributed by atoms with E-state index in [1.807, 2.05) is 0 Å². The molecule has 0 saturated heterocycles. The van der Waals surface area contributed by atoms with Gasteiger partial charge in [-0.05, 0) is 19.5 Å². The zero-order valence-corrected chi connectivity index (χ0v) is 18.1. The predicted octanol–water partition coefficient (Wildman–Crippen LogP) is 8.42. The summed E-state index contributed by atoms with van der Waals surface area (Å²) in [4.78, 5) is 0. The van der Waals surface area contributed by atoms with Crippen LogP contribution in [-0.2, 0) is 0 Å². The Morgan fingerprint density at radius 1 is 0.360 bits per heavy atom. The van der Waals surface area contributed by atoms with Gasteiger partial charge < -0.3 is 5.32 Å². The first-order valence-corrected chi connectivity index (χ1v) is 12.1. The standard InChI is InChI=1S/C24H51N/c1-3-5-6-7-8-9-10-11-12-13-14-15-16-17-18-19-20-21-22-23-24-25-4-2/h25H,3-24H2,1-2H3. The Hall–Kier alpha value is -0.0400. The molecule has 0 aliphatic rings. The summed E-state index contributed by atoms with van der Waals surface area (Å²) in [7, 11) is 0. The van der Waals surface area contributed by atoms with Crippen LogP contribution in [0.15, 0.2) is 0 Å². The summed E-state index contributed by atoms with van der Waals surface area (Å²) in [6.45, 7) is 6.83. The molecule has 0 aromatic rings. The molecule has 1 heteroatoms. The number of hydrogen-bond donors (Lipinski definition) is 1. The van der Waals surface area contributed by atoms with Crippen molar-refractivity contribution in [3.63, 3.8) is 0 Å². The molecule has 0 spiro atoms. The molecule has 0 fully saturated rings. The Morgan fingerprint density at radius 3 is 0.920 bits per heavy atom. The summed E-state index contributed by atoms with van der Waals surface area (Å²) in [6.07, 6.45) is 29.3. The first-order chi connectivity index (χ1) is 12.4. The Labute approximate surface area is 161 Å². The maximum Gasteiger partial charge on any atom is -0.00490 e. The Morgan fingerprint density at radius 2 is 0.640 bits per heavy atom. The van der Waals surface area contributed by atoms with E-state index >= 15 is 0 Å². The molecule has 25 heavy (non-hydrogen) atoms. The number of hydrogen-bond acceptors (Lipinski definition) is 1. The van der Waals surface area contributed by atoms with E-state index in [9.17, 15) is 0 Å². The summed E-state index contributed by atoms with van der Waals surface area (Å²) in [5, 5.41) is 3.41. The molecule has 152 valence electrons. The normalized spacial score (nSPS) is 11.3. The number of unbranched alkanes of at least 4 members (excludes halogenated alkanes) is 19. The molecular formula is C24H51N. The number of nitrogens with one attached hydrogen (secondary N) is 1. The van der Waals surface area contributed by atoms with Crippen LogP contribution in [0.4, 0.5) is 0 Å². The van der Waals surface area contributed by atoms with Gasteiger partial charge in [-0.25, -0.2) is 0 Å². The van der Waals surface area contributed by atoms with E-state index in [2.05, 4.69) is 19.2 Å². The van der Waals surface area contributed by atoms with Gasteiger partial charge in [-0.2, -0.15) is 0 Å². The monoisotopic (exact) mass is 353 g/mol. The van der Waals surface area contributed by atoms with Gasteiger partial charge in [-0.3, -0.25) is 0 Å². The molecule has 0 atom stereocenters. The van der Waals surface area contributed by atoms with Gasteiger partial charge >= 0.3 is 0 Å². The smallest absolute Gasteiger partial charge is 0.00490 e. The molecule has 0 bridgehead atoms. The molecule has 0 unspecified atom stereocenters. The minimum Gasteiger partial charge on any atom is -0.317 e. The first-order valence-electron chi connectivity index (χ1n) is 12.1. The van der Waals surface area contributed by atoms with Crippen molar-refractivity contribution < 1.29 is 0 Å². The van der Waals surface area contributed by atoms with Gasteiger partial charge in [0.1, 0.15) is 0 Å². The van der Waals surface area contributed by atoms with Crippen molar-refractivity contribution in [1.82, 2.24) is 5.32 Å². The molecule has 0 aromatic carbocycles. The van der Waals surface area contributed by atoms with Crippen molar-refractivity contribution in [3.05, 3.63) is 0 Å². The third-order valence-corrected chi connectivity index (χ3v) is 5.46. The van der Waals surface area contributed by atoms with Crippen LogP contribution in [0, 0.1) is 0 Å². The highest BCUT2D eigenvalue weighted by Gasteiger charge is 1.95. The minimum absolute atomic E-state index is 1.12. The van der Waals surface area contributed by atoms with Crippen LogP contribution in [0.2, 0.25) is 0 Å². The fourth-order valence-corrected chi connectivity index (χ4v) is 3.68. The lowest BCUT2D eigenvalue weighted by Gasteiger charge is -2.04. The molecule has 0 aromatic heterocycles. The van der Waals surface area contributed by atoms with E-state index in [-0.39, 0.29) is 0 Å². The molecule has 0 aliphatic carbocycles. The van der Waals surface area contributed by atoms with E-state index in [1.54, 1.807) is 0 Å². The van der Waals surface area contributed by atoms with E-state index < -0.39 is 0 Å². The molecule has 1 N–H and O–H groups in total. The molecule has 0 radical (unpaired) electrons. The van der Waals surface area contributed by atoms with Crippen molar-refractivity contribution in [1.29, 1.82) is 0 Å². The maximum absolute atomic E-state index is 3.41. The predicted molar refractivity (Wildman–Crippen MR) is 117 cm³/mol. The lowest BCUT2D eigenvalue weighted by Crippen LogP contribution is -2.13. The average molecular weight is 354 g/mol. The lowest BCUT2D eigenvalue weighted by atomic mass is 10.0. The Balaban J connectivity index is 2.94. The zero-order chi connectivity index (χ0) is 18.3. The highest BCUT2D eigenvalue weighted by Crippen LogP contribution is 2.14. The van der Waals surface area contributed by atoms with E-state index in [0.29, 0.717) is 0 Å². The number of rotatable bonds is 22. The second-order valence-corrected chi connectivity index (χ2v) is 8.07. The highest BCUT2D eigenvalue weighted by molar-refractivity contribution is 4.51. The van der Waals surface area contributed by atoms with Crippen LogP contribution >= 0.6 is 0 Å². The topological polar surface area (TPSA) is 12.0 Å². The van der Waals surface area contributed by atoms with Gasteiger partial charge in [0.2, 0.25) is 0 Å². The van der Waals surface area contributed by atoms with E-state index in [1.165, 1.54) is 135 Å². The first kappa shape index (κ1) is 25.0. The summed E-state index contributed by atoms with van der Waals surface area (Å²) in [5.41, 5.74) is 0. The fourth-order valence-electron chi connectivity index (χ4n) is 3.68. The molecule has 0 amide bonds. The van der Waals surface area contributed by atoms with Gasteiger partial charge in [0.25, 0.3) is 0 Å². The quantitative estimate of drug-likeness (QED) is 0.193. The van der Waals surface area contributed by atoms with Crippen LogP contribution < -0.4 is 5.32 Å². The second kappa shape index (κ2) is 24.0. The Bertz CT molecular complexity index is 192. The van der Waals surface area contributed by atoms with Gasteiger partial charge in [-0.15, -0.1) is 0 Å². The summed E-state index contributed by atoms with van der Waals surface area (Å²) >= 11 is 0. The summed E-state index contributed by atoms with van der Waals surface area (Å²) in [6, 6.07) is 0. The minimum atomic E-state index is 1.12. The van der Waals surface area contributed by atoms with Crippen molar-refractivity contribution in [3.8, 4) is 0 Å². The molecule has 0 heterocycles. The van der Waals surface area contributed by atoms with Gasteiger partial charge in [0.05, 0.1) is 0 Å². The van der Waals surface area contributed by atoms with E-state index in [4.69, 9.17) is 0 Å². The van der Waals surface area contributed by atoms with Crippen molar-refractivity contribution >= 4 is 0 Å². The second-order valence-electron chi connectivity index (χ2n) is 8.07. The van der Waals surface area contributed by atoms with Crippen LogP contribution in [-0.4, -0.2) is 13.1 Å². The third-order valence-electron chi connectivity index (χ3n) is 5.46. The molecular weight excluding hydrogens is 302 g/mol. The van der Waals surface area contributed by atoms with Crippen LogP contribution in [0.25, 0.3) is 0 Å². The van der Waals surface area contributed by atoms with Crippen LogP contribution in [0.5, 0.6) is 0 Å². The maximum atomic E-state index is 3.41. The average Bonchev–Trinajstić information content (AvgIpc) is 2.63. The Kier molecular flexibility index (Phi) is 23.9. The fraction of sp³-hybridized carbons (Fsp3) is 1.00. The summed E-state index contributed by atoms with van der Waals surface area (Å²) in [5.74, 6) is 0. The third kappa shape index (κ3) is 24.0. The van der Waals surface area contributed by atoms with Gasteiger partial charge in [0.15, 0.2) is 0 Å². The van der Waals surface area contributed by atoms with Crippen LogP contribution in [0.1, 0.15) is 142 Å². The van der Waals surface area contributed by atoms with Gasteiger partial charge in [0, 0.05) is 0 Å². The van der Waals surface area contributed by atoms with Crippen molar-refractivity contribution in [2.24, 2.45) is 0 Å². The highest BCUT2D eigenvalue weighted by atomic mass is 14.8. The van der Waals surface area contributed by atoms with Crippen LogP contribution in [0.3, 0.4) is 0 Å². The summed E-state index contributed by atoms with van der Waals surface area (Å²) < 4.78 is 0. The van der Waals surface area contributed by atoms with Gasteiger partial charge in [-0.1, -0.05) is 136 Å². The largest absolute Gasteiger partial charge is 0.317 e. The molecule has 0 aliphatic heterocycles.